The number of nitrogens with zero attached hydrogens (tertiary/aromatic N) is 1. The van der Waals surface area contributed by atoms with Gasteiger partial charge in [0.1, 0.15) is 10.8 Å². The molecule has 0 aromatic carbocycles. The maximum atomic E-state index is 10.7. The number of halogens is 3. The fourth-order valence-electron chi connectivity index (χ4n) is 0.556. The summed E-state index contributed by atoms with van der Waals surface area (Å²) < 4.78 is -0.370. The van der Waals surface area contributed by atoms with E-state index in [9.17, 15) is 4.79 Å². The van der Waals surface area contributed by atoms with Crippen molar-refractivity contribution in [1.29, 1.82) is 0 Å². The molecule has 0 radical (unpaired) electrons. The lowest BCUT2D eigenvalue weighted by molar-refractivity contribution is 0.109. The summed E-state index contributed by atoms with van der Waals surface area (Å²) in [5.41, 5.74) is 0.138. The van der Waals surface area contributed by atoms with Crippen LogP contribution in [0.1, 0.15) is 10.5 Å². The Balaban J connectivity index is 3.23. The van der Waals surface area contributed by atoms with Crippen LogP contribution in [0, 0.1) is 0 Å². The molecule has 0 N–H and O–H groups in total. The molecule has 0 aliphatic heterocycles. The lowest BCUT2D eigenvalue weighted by Crippen LogP contribution is -1.94. The zero-order valence-electron chi connectivity index (χ0n) is 5.14. The smallest absolute Gasteiger partial charge is 0.247 e. The van der Waals surface area contributed by atoms with E-state index in [-0.39, 0.29) is 20.6 Å². The molecule has 0 saturated heterocycles. The zero-order valence-corrected chi connectivity index (χ0v) is 8.24. The van der Waals surface area contributed by atoms with Crippen LogP contribution in [0.2, 0.25) is 10.2 Å². The van der Waals surface area contributed by atoms with Crippen molar-refractivity contribution in [2.75, 3.05) is 0 Å². The van der Waals surface area contributed by atoms with E-state index in [2.05, 4.69) is 20.9 Å². The van der Waals surface area contributed by atoms with Crippen molar-refractivity contribution in [1.82, 2.24) is 4.98 Å². The Labute approximate surface area is 81.7 Å². The minimum atomic E-state index is -0.370. The van der Waals surface area contributed by atoms with Crippen LogP contribution in [0.15, 0.2) is 12.1 Å². The molecular weight excluding hydrogens is 253 g/mol. The van der Waals surface area contributed by atoms with Gasteiger partial charge in [-0.25, -0.2) is 4.98 Å². The standard InChI is InChI=1S/C6H2BrCl2NO/c7-6(11)5-3(8)1-2-4(9)10-5/h1-2H. The van der Waals surface area contributed by atoms with E-state index in [0.717, 1.165) is 0 Å². The summed E-state index contributed by atoms with van der Waals surface area (Å²) in [5, 5.41) is 0.536. The fourth-order valence-corrected chi connectivity index (χ4v) is 1.31. The third kappa shape index (κ3) is 2.15. The zero-order chi connectivity index (χ0) is 8.43. The van der Waals surface area contributed by atoms with Gasteiger partial charge >= 0.3 is 0 Å². The summed E-state index contributed by atoms with van der Waals surface area (Å²) in [6.45, 7) is 0. The molecule has 0 atom stereocenters. The fraction of sp³-hybridized carbons (Fsp3) is 0. The average molecular weight is 255 g/mol. The summed E-state index contributed by atoms with van der Waals surface area (Å²) in [4.78, 5) is 14.4. The normalized spacial score (nSPS) is 9.73. The Morgan fingerprint density at radius 1 is 1.45 bits per heavy atom. The van der Waals surface area contributed by atoms with Crippen molar-refractivity contribution in [2.45, 2.75) is 0 Å². The van der Waals surface area contributed by atoms with E-state index in [1.54, 1.807) is 0 Å². The van der Waals surface area contributed by atoms with E-state index in [1.807, 2.05) is 0 Å². The van der Waals surface area contributed by atoms with Crippen LogP contribution in [0.3, 0.4) is 0 Å². The highest BCUT2D eigenvalue weighted by Gasteiger charge is 2.08. The van der Waals surface area contributed by atoms with Crippen molar-refractivity contribution >= 4 is 43.8 Å². The minimum absolute atomic E-state index is 0.138. The number of rotatable bonds is 1. The van der Waals surface area contributed by atoms with Crippen molar-refractivity contribution in [2.24, 2.45) is 0 Å². The second-order valence-corrected chi connectivity index (χ2v) is 3.25. The number of hydrogen-bond donors (Lipinski definition) is 0. The summed E-state index contributed by atoms with van der Waals surface area (Å²) in [5.74, 6) is 0. The van der Waals surface area contributed by atoms with E-state index >= 15 is 0 Å². The Kier molecular flexibility index (Phi) is 2.87. The molecule has 5 heteroatoms. The topological polar surface area (TPSA) is 30.0 Å². The van der Waals surface area contributed by atoms with Gasteiger partial charge in [0, 0.05) is 0 Å². The minimum Gasteiger partial charge on any atom is -0.279 e. The predicted molar refractivity (Wildman–Crippen MR) is 47.5 cm³/mol. The first kappa shape index (κ1) is 8.97. The van der Waals surface area contributed by atoms with E-state index < -0.39 is 0 Å². The van der Waals surface area contributed by atoms with Crippen molar-refractivity contribution in [3.05, 3.63) is 28.0 Å². The first-order chi connectivity index (χ1) is 5.11. The van der Waals surface area contributed by atoms with Gasteiger partial charge in [0.05, 0.1) is 5.02 Å². The van der Waals surface area contributed by atoms with Gasteiger partial charge in [-0.2, -0.15) is 0 Å². The maximum absolute atomic E-state index is 10.7. The van der Waals surface area contributed by atoms with Crippen LogP contribution >= 0.6 is 39.1 Å². The van der Waals surface area contributed by atoms with Gasteiger partial charge in [-0.05, 0) is 28.1 Å². The molecule has 0 unspecified atom stereocenters. The van der Waals surface area contributed by atoms with Crippen LogP contribution in [0.25, 0.3) is 0 Å². The summed E-state index contributed by atoms with van der Waals surface area (Å²) >= 11 is 13.9. The highest BCUT2D eigenvalue weighted by atomic mass is 79.9. The molecular formula is C6H2BrCl2NO. The molecule has 0 aliphatic carbocycles. The Morgan fingerprint density at radius 2 is 2.09 bits per heavy atom. The van der Waals surface area contributed by atoms with Crippen LogP contribution in [0.5, 0.6) is 0 Å². The predicted octanol–water partition coefficient (Wildman–Crippen LogP) is 2.92. The number of hydrogen-bond acceptors (Lipinski definition) is 2. The molecule has 0 fully saturated rings. The molecule has 0 amide bonds. The Bertz CT molecular complexity index is 303. The number of aromatic nitrogens is 1. The van der Waals surface area contributed by atoms with Gasteiger partial charge < -0.3 is 0 Å². The third-order valence-corrected chi connectivity index (χ3v) is 1.89. The molecule has 2 nitrogen and oxygen atoms in total. The molecule has 0 saturated carbocycles. The number of carbonyl (C=O) groups excluding carboxylic acids is 1. The molecule has 1 rings (SSSR count). The molecule has 0 aliphatic rings. The molecule has 0 bridgehead atoms. The summed E-state index contributed by atoms with van der Waals surface area (Å²) in [7, 11) is 0. The largest absolute Gasteiger partial charge is 0.279 e. The monoisotopic (exact) mass is 253 g/mol. The summed E-state index contributed by atoms with van der Waals surface area (Å²) in [6, 6.07) is 3.04. The molecule has 1 heterocycles. The SMILES string of the molecule is O=C(Br)c1nc(Cl)ccc1Cl. The van der Waals surface area contributed by atoms with Crippen LogP contribution < -0.4 is 0 Å². The lowest BCUT2D eigenvalue weighted by Gasteiger charge is -1.96. The molecule has 11 heavy (non-hydrogen) atoms. The van der Waals surface area contributed by atoms with E-state index in [4.69, 9.17) is 23.2 Å². The van der Waals surface area contributed by atoms with Gasteiger partial charge in [0.25, 0.3) is 0 Å². The third-order valence-electron chi connectivity index (χ3n) is 0.998. The van der Waals surface area contributed by atoms with Gasteiger partial charge in [-0.1, -0.05) is 23.2 Å². The quantitative estimate of drug-likeness (QED) is 0.570. The van der Waals surface area contributed by atoms with Crippen LogP contribution in [0.4, 0.5) is 0 Å². The van der Waals surface area contributed by atoms with Crippen molar-refractivity contribution in [3.63, 3.8) is 0 Å². The maximum Gasteiger partial charge on any atom is 0.247 e. The van der Waals surface area contributed by atoms with Crippen LogP contribution in [-0.2, 0) is 0 Å². The first-order valence-electron chi connectivity index (χ1n) is 2.63. The molecule has 58 valence electrons. The van der Waals surface area contributed by atoms with E-state index in [1.165, 1.54) is 12.1 Å². The van der Waals surface area contributed by atoms with Gasteiger partial charge in [-0.15, -0.1) is 0 Å². The molecule has 1 aromatic rings. The highest BCUT2D eigenvalue weighted by molar-refractivity contribution is 9.18. The highest BCUT2D eigenvalue weighted by Crippen LogP contribution is 2.18. The second-order valence-electron chi connectivity index (χ2n) is 1.74. The Hall–Kier alpha value is -0.120. The summed E-state index contributed by atoms with van der Waals surface area (Å²) in [6.07, 6.45) is 0. The van der Waals surface area contributed by atoms with E-state index in [0.29, 0.717) is 0 Å². The second kappa shape index (κ2) is 3.52. The molecule has 1 aromatic heterocycles. The lowest BCUT2D eigenvalue weighted by atomic mass is 10.4. The molecule has 0 spiro atoms. The average Bonchev–Trinajstić information content (AvgIpc) is 1.94. The van der Waals surface area contributed by atoms with Gasteiger partial charge in [-0.3, -0.25) is 4.79 Å². The first-order valence-corrected chi connectivity index (χ1v) is 4.18. The van der Waals surface area contributed by atoms with Gasteiger partial charge in [0.15, 0.2) is 0 Å². The van der Waals surface area contributed by atoms with Crippen molar-refractivity contribution in [3.8, 4) is 0 Å². The van der Waals surface area contributed by atoms with Crippen molar-refractivity contribution < 1.29 is 4.79 Å². The Morgan fingerprint density at radius 3 is 2.55 bits per heavy atom. The number of pyridine rings is 1. The van der Waals surface area contributed by atoms with Crippen LogP contribution in [-0.4, -0.2) is 9.68 Å². The van der Waals surface area contributed by atoms with Gasteiger partial charge in [0.2, 0.25) is 4.69 Å². The number of carbonyl (C=O) groups is 1.